The number of carbonyl (C=O) groups excluding carboxylic acids is 1. The van der Waals surface area contributed by atoms with E-state index in [9.17, 15) is 9.90 Å². The molecule has 2 amide bonds. The fourth-order valence-electron chi connectivity index (χ4n) is 3.01. The highest BCUT2D eigenvalue weighted by atomic mass is 16.3. The maximum Gasteiger partial charge on any atom is 0.321 e. The van der Waals surface area contributed by atoms with Crippen LogP contribution in [0.1, 0.15) is 13.8 Å². The summed E-state index contributed by atoms with van der Waals surface area (Å²) >= 11 is 0. The van der Waals surface area contributed by atoms with E-state index in [0.717, 1.165) is 16.7 Å². The Balaban J connectivity index is 1.75. The number of rotatable bonds is 5. The maximum absolute atomic E-state index is 12.4. The number of amides is 2. The zero-order chi connectivity index (χ0) is 18.7. The van der Waals surface area contributed by atoms with Crippen LogP contribution in [-0.4, -0.2) is 45.3 Å². The van der Waals surface area contributed by atoms with Crippen molar-refractivity contribution in [2.45, 2.75) is 19.9 Å². The van der Waals surface area contributed by atoms with Gasteiger partial charge in [-0.15, -0.1) is 0 Å². The topological polar surface area (TPSA) is 70.4 Å². The van der Waals surface area contributed by atoms with Gasteiger partial charge in [-0.05, 0) is 42.3 Å². The summed E-state index contributed by atoms with van der Waals surface area (Å²) in [4.78, 5) is 18.3. The SMILES string of the molecule is CC(C)C(CO)N(C)C(=O)Nc1ccc(-n2cnc3ccccc32)cc1. The largest absolute Gasteiger partial charge is 0.394 e. The van der Waals surface area contributed by atoms with Crippen LogP contribution in [0.2, 0.25) is 0 Å². The lowest BCUT2D eigenvalue weighted by molar-refractivity contribution is 0.131. The van der Waals surface area contributed by atoms with E-state index in [-0.39, 0.29) is 24.6 Å². The first-order valence-corrected chi connectivity index (χ1v) is 8.68. The number of imidazole rings is 1. The molecule has 136 valence electrons. The minimum atomic E-state index is -0.237. The maximum atomic E-state index is 12.4. The zero-order valence-corrected chi connectivity index (χ0v) is 15.3. The molecular formula is C20H24N4O2. The second-order valence-electron chi connectivity index (χ2n) is 6.69. The Labute approximate surface area is 153 Å². The third-order valence-corrected chi connectivity index (χ3v) is 4.62. The molecule has 1 aromatic heterocycles. The number of likely N-dealkylation sites (N-methyl/N-ethyl adjacent to an activating group) is 1. The van der Waals surface area contributed by atoms with Crippen molar-refractivity contribution in [1.82, 2.24) is 14.5 Å². The molecule has 0 radical (unpaired) electrons. The minimum absolute atomic E-state index is 0.0613. The Morgan fingerprint density at radius 2 is 1.88 bits per heavy atom. The molecule has 0 bridgehead atoms. The molecule has 0 saturated carbocycles. The van der Waals surface area contributed by atoms with Gasteiger partial charge in [0.15, 0.2) is 0 Å². The third kappa shape index (κ3) is 3.55. The number of aliphatic hydroxyl groups excluding tert-OH is 1. The molecule has 2 aromatic carbocycles. The highest BCUT2D eigenvalue weighted by Crippen LogP contribution is 2.20. The van der Waals surface area contributed by atoms with Crippen LogP contribution in [0.3, 0.4) is 0 Å². The van der Waals surface area contributed by atoms with Gasteiger partial charge in [0.1, 0.15) is 6.33 Å². The number of hydrogen-bond acceptors (Lipinski definition) is 3. The lowest BCUT2D eigenvalue weighted by Crippen LogP contribution is -2.44. The number of hydrogen-bond donors (Lipinski definition) is 2. The predicted octanol–water partition coefficient (Wildman–Crippen LogP) is 3.51. The molecule has 3 rings (SSSR count). The molecule has 1 heterocycles. The molecule has 0 aliphatic heterocycles. The summed E-state index contributed by atoms with van der Waals surface area (Å²) in [6.45, 7) is 3.90. The van der Waals surface area contributed by atoms with E-state index in [1.54, 1.807) is 18.3 Å². The monoisotopic (exact) mass is 352 g/mol. The fourth-order valence-corrected chi connectivity index (χ4v) is 3.01. The Hall–Kier alpha value is -2.86. The molecule has 2 N–H and O–H groups in total. The zero-order valence-electron chi connectivity index (χ0n) is 15.3. The number of urea groups is 1. The van der Waals surface area contributed by atoms with Crippen molar-refractivity contribution in [2.75, 3.05) is 19.0 Å². The molecule has 6 heteroatoms. The van der Waals surface area contributed by atoms with E-state index >= 15 is 0 Å². The average Bonchev–Trinajstić information content (AvgIpc) is 3.06. The molecule has 0 saturated heterocycles. The number of aliphatic hydroxyl groups is 1. The van der Waals surface area contributed by atoms with Crippen LogP contribution < -0.4 is 5.32 Å². The first-order chi connectivity index (χ1) is 12.5. The predicted molar refractivity (Wildman–Crippen MR) is 104 cm³/mol. The lowest BCUT2D eigenvalue weighted by atomic mass is 10.0. The van der Waals surface area contributed by atoms with Crippen molar-refractivity contribution in [1.29, 1.82) is 0 Å². The second-order valence-corrected chi connectivity index (χ2v) is 6.69. The summed E-state index contributed by atoms with van der Waals surface area (Å²) in [7, 11) is 1.70. The fraction of sp³-hybridized carbons (Fsp3) is 0.300. The molecular weight excluding hydrogens is 328 g/mol. The molecule has 0 spiro atoms. The quantitative estimate of drug-likeness (QED) is 0.738. The van der Waals surface area contributed by atoms with Crippen molar-refractivity contribution >= 4 is 22.8 Å². The van der Waals surface area contributed by atoms with Crippen molar-refractivity contribution < 1.29 is 9.90 Å². The summed E-state index contributed by atoms with van der Waals surface area (Å²) in [6, 6.07) is 15.1. The second kappa shape index (κ2) is 7.58. The number of fused-ring (bicyclic) bond motifs is 1. The number of nitrogens with zero attached hydrogens (tertiary/aromatic N) is 3. The Bertz CT molecular complexity index is 886. The van der Waals surface area contributed by atoms with Gasteiger partial charge in [0.25, 0.3) is 0 Å². The van der Waals surface area contributed by atoms with E-state index < -0.39 is 0 Å². The Morgan fingerprint density at radius 3 is 2.54 bits per heavy atom. The van der Waals surface area contributed by atoms with E-state index in [1.165, 1.54) is 0 Å². The highest BCUT2D eigenvalue weighted by molar-refractivity contribution is 5.89. The van der Waals surface area contributed by atoms with Crippen LogP contribution in [0.5, 0.6) is 0 Å². The van der Waals surface area contributed by atoms with Gasteiger partial charge >= 0.3 is 6.03 Å². The summed E-state index contributed by atoms with van der Waals surface area (Å²) < 4.78 is 2.01. The van der Waals surface area contributed by atoms with E-state index in [4.69, 9.17) is 0 Å². The Morgan fingerprint density at radius 1 is 1.19 bits per heavy atom. The van der Waals surface area contributed by atoms with Crippen molar-refractivity contribution in [2.24, 2.45) is 5.92 Å². The van der Waals surface area contributed by atoms with Gasteiger partial charge in [-0.25, -0.2) is 9.78 Å². The molecule has 26 heavy (non-hydrogen) atoms. The number of benzene rings is 2. The van der Waals surface area contributed by atoms with Gasteiger partial charge in [-0.2, -0.15) is 0 Å². The molecule has 3 aromatic rings. The minimum Gasteiger partial charge on any atom is -0.394 e. The lowest BCUT2D eigenvalue weighted by Gasteiger charge is -2.29. The normalized spacial score (nSPS) is 12.3. The molecule has 0 aliphatic rings. The van der Waals surface area contributed by atoms with Gasteiger partial charge in [0.2, 0.25) is 0 Å². The van der Waals surface area contributed by atoms with Gasteiger partial charge in [0, 0.05) is 18.4 Å². The van der Waals surface area contributed by atoms with Gasteiger partial charge in [0.05, 0.1) is 23.7 Å². The van der Waals surface area contributed by atoms with Crippen LogP contribution in [0, 0.1) is 5.92 Å². The summed E-state index contributed by atoms with van der Waals surface area (Å²) in [5, 5.41) is 12.4. The van der Waals surface area contributed by atoms with Crippen LogP contribution in [-0.2, 0) is 0 Å². The van der Waals surface area contributed by atoms with Crippen LogP contribution in [0.15, 0.2) is 54.9 Å². The summed E-state index contributed by atoms with van der Waals surface area (Å²) in [6.07, 6.45) is 1.79. The third-order valence-electron chi connectivity index (χ3n) is 4.62. The molecule has 0 aliphatic carbocycles. The number of nitrogens with one attached hydrogen (secondary N) is 1. The average molecular weight is 352 g/mol. The number of anilines is 1. The number of para-hydroxylation sites is 2. The smallest absolute Gasteiger partial charge is 0.321 e. The van der Waals surface area contributed by atoms with Crippen molar-refractivity contribution in [3.8, 4) is 5.69 Å². The first-order valence-electron chi connectivity index (χ1n) is 8.68. The highest BCUT2D eigenvalue weighted by Gasteiger charge is 2.22. The molecule has 1 unspecified atom stereocenters. The van der Waals surface area contributed by atoms with Crippen molar-refractivity contribution in [3.63, 3.8) is 0 Å². The molecule has 0 fully saturated rings. The standard InChI is InChI=1S/C20H24N4O2/c1-14(2)19(12-25)23(3)20(26)22-15-8-10-16(11-9-15)24-13-21-17-6-4-5-7-18(17)24/h4-11,13-14,19,25H,12H2,1-3H3,(H,22,26). The number of carbonyl (C=O) groups is 1. The van der Waals surface area contributed by atoms with Crippen LogP contribution in [0.25, 0.3) is 16.7 Å². The van der Waals surface area contributed by atoms with Gasteiger partial charge < -0.3 is 15.3 Å². The van der Waals surface area contributed by atoms with E-state index in [0.29, 0.717) is 5.69 Å². The van der Waals surface area contributed by atoms with Crippen molar-refractivity contribution in [3.05, 3.63) is 54.9 Å². The molecule has 6 nitrogen and oxygen atoms in total. The van der Waals surface area contributed by atoms with E-state index in [2.05, 4.69) is 10.3 Å². The van der Waals surface area contributed by atoms with Crippen LogP contribution in [0.4, 0.5) is 10.5 Å². The molecule has 1 atom stereocenters. The van der Waals surface area contributed by atoms with E-state index in [1.807, 2.05) is 66.9 Å². The number of aromatic nitrogens is 2. The first kappa shape index (κ1) is 17.9. The van der Waals surface area contributed by atoms with Gasteiger partial charge in [-0.1, -0.05) is 26.0 Å². The van der Waals surface area contributed by atoms with Crippen LogP contribution >= 0.6 is 0 Å². The Kier molecular flexibility index (Phi) is 5.23. The summed E-state index contributed by atoms with van der Waals surface area (Å²) in [5.41, 5.74) is 3.65. The summed E-state index contributed by atoms with van der Waals surface area (Å²) in [5.74, 6) is 0.174. The van der Waals surface area contributed by atoms with Gasteiger partial charge in [-0.3, -0.25) is 4.57 Å².